The molecule has 0 unspecified atom stereocenters. The summed E-state index contributed by atoms with van der Waals surface area (Å²) < 4.78 is 0. The van der Waals surface area contributed by atoms with Gasteiger partial charge in [-0.1, -0.05) is 13.3 Å². The van der Waals surface area contributed by atoms with E-state index in [1.165, 1.54) is 0 Å². The van der Waals surface area contributed by atoms with Gasteiger partial charge in [-0.25, -0.2) is 5.43 Å². The van der Waals surface area contributed by atoms with Crippen LogP contribution >= 0.6 is 0 Å². The SMILES string of the molecule is CCC1CCC(C#N)(NC(=O)C2=NNC(=O)CC2)CC1. The summed E-state index contributed by atoms with van der Waals surface area (Å²) in [5.74, 6) is 0.140. The minimum Gasteiger partial charge on any atom is -0.333 e. The Labute approximate surface area is 118 Å². The molecule has 1 heterocycles. The number of carbonyl (C=O) groups is 2. The minimum atomic E-state index is -0.771. The van der Waals surface area contributed by atoms with E-state index in [4.69, 9.17) is 0 Å². The third-order valence-electron chi connectivity index (χ3n) is 4.27. The molecule has 20 heavy (non-hydrogen) atoms. The second-order valence-electron chi connectivity index (χ2n) is 5.59. The van der Waals surface area contributed by atoms with Crippen LogP contribution in [0.15, 0.2) is 5.10 Å². The predicted molar refractivity (Wildman–Crippen MR) is 73.5 cm³/mol. The Bertz CT molecular complexity index is 470. The topological polar surface area (TPSA) is 94.3 Å². The van der Waals surface area contributed by atoms with Gasteiger partial charge in [-0.05, 0) is 31.6 Å². The third-order valence-corrected chi connectivity index (χ3v) is 4.27. The Morgan fingerprint density at radius 2 is 2.20 bits per heavy atom. The van der Waals surface area contributed by atoms with E-state index in [0.717, 1.165) is 19.3 Å². The first-order valence-electron chi connectivity index (χ1n) is 7.18. The highest BCUT2D eigenvalue weighted by Gasteiger charge is 2.37. The van der Waals surface area contributed by atoms with Crippen molar-refractivity contribution in [2.24, 2.45) is 11.0 Å². The van der Waals surface area contributed by atoms with E-state index in [1.54, 1.807) is 0 Å². The van der Waals surface area contributed by atoms with Gasteiger partial charge >= 0.3 is 0 Å². The van der Waals surface area contributed by atoms with Crippen LogP contribution in [-0.4, -0.2) is 23.1 Å². The summed E-state index contributed by atoms with van der Waals surface area (Å²) in [4.78, 5) is 23.2. The summed E-state index contributed by atoms with van der Waals surface area (Å²) in [7, 11) is 0. The largest absolute Gasteiger partial charge is 0.333 e. The van der Waals surface area contributed by atoms with Gasteiger partial charge in [0.2, 0.25) is 5.91 Å². The fraction of sp³-hybridized carbons (Fsp3) is 0.714. The number of hydrogen-bond acceptors (Lipinski definition) is 4. The van der Waals surface area contributed by atoms with Crippen LogP contribution in [0.3, 0.4) is 0 Å². The normalized spacial score (nSPS) is 29.9. The van der Waals surface area contributed by atoms with E-state index in [0.29, 0.717) is 30.9 Å². The first kappa shape index (κ1) is 14.5. The molecule has 2 aliphatic rings. The van der Waals surface area contributed by atoms with Gasteiger partial charge in [-0.2, -0.15) is 10.4 Å². The fourth-order valence-corrected chi connectivity index (χ4v) is 2.77. The Morgan fingerprint density at radius 1 is 1.50 bits per heavy atom. The average molecular weight is 276 g/mol. The zero-order valence-corrected chi connectivity index (χ0v) is 11.7. The lowest BCUT2D eigenvalue weighted by atomic mass is 9.76. The van der Waals surface area contributed by atoms with Gasteiger partial charge in [-0.3, -0.25) is 9.59 Å². The Balaban J connectivity index is 1.99. The molecular weight excluding hydrogens is 256 g/mol. The summed E-state index contributed by atoms with van der Waals surface area (Å²) in [6.45, 7) is 2.15. The van der Waals surface area contributed by atoms with Crippen molar-refractivity contribution in [3.63, 3.8) is 0 Å². The van der Waals surface area contributed by atoms with Gasteiger partial charge in [0.15, 0.2) is 0 Å². The van der Waals surface area contributed by atoms with E-state index in [2.05, 4.69) is 28.8 Å². The maximum atomic E-state index is 12.1. The number of rotatable bonds is 3. The maximum absolute atomic E-state index is 12.1. The molecule has 6 nitrogen and oxygen atoms in total. The standard InChI is InChI=1S/C14H20N4O2/c1-2-10-5-7-14(9-15,8-6-10)16-13(20)11-3-4-12(19)18-17-11/h10H,2-8H2,1H3,(H,16,20)(H,18,19). The average Bonchev–Trinajstić information content (AvgIpc) is 2.48. The first-order chi connectivity index (χ1) is 9.58. The van der Waals surface area contributed by atoms with Gasteiger partial charge < -0.3 is 5.32 Å². The van der Waals surface area contributed by atoms with Crippen molar-refractivity contribution in [1.82, 2.24) is 10.7 Å². The van der Waals surface area contributed by atoms with Gasteiger partial charge in [0.1, 0.15) is 11.3 Å². The molecule has 6 heteroatoms. The highest BCUT2D eigenvalue weighted by Crippen LogP contribution is 2.33. The van der Waals surface area contributed by atoms with E-state index in [9.17, 15) is 14.9 Å². The molecule has 1 fully saturated rings. The van der Waals surface area contributed by atoms with Crippen LogP contribution in [0.2, 0.25) is 0 Å². The van der Waals surface area contributed by atoms with E-state index < -0.39 is 5.54 Å². The van der Waals surface area contributed by atoms with Gasteiger partial charge in [0.25, 0.3) is 5.91 Å². The number of hydrazone groups is 1. The molecule has 0 aromatic rings. The third kappa shape index (κ3) is 3.16. The zero-order valence-electron chi connectivity index (χ0n) is 11.7. The van der Waals surface area contributed by atoms with Crippen LogP contribution in [0.4, 0.5) is 0 Å². The molecule has 2 rings (SSSR count). The molecule has 2 amide bonds. The molecule has 108 valence electrons. The van der Waals surface area contributed by atoms with Crippen LogP contribution in [0.1, 0.15) is 51.9 Å². The monoisotopic (exact) mass is 276 g/mol. The van der Waals surface area contributed by atoms with Crippen LogP contribution < -0.4 is 10.7 Å². The Hall–Kier alpha value is -1.90. The molecule has 2 N–H and O–H groups in total. The van der Waals surface area contributed by atoms with E-state index >= 15 is 0 Å². The predicted octanol–water partition coefficient (Wildman–Crippen LogP) is 1.23. The lowest BCUT2D eigenvalue weighted by molar-refractivity contribution is -0.121. The second-order valence-corrected chi connectivity index (χ2v) is 5.59. The lowest BCUT2D eigenvalue weighted by Gasteiger charge is -2.35. The van der Waals surface area contributed by atoms with Crippen molar-refractivity contribution in [2.45, 2.75) is 57.4 Å². The summed E-state index contributed by atoms with van der Waals surface area (Å²) in [5, 5.41) is 16.0. The van der Waals surface area contributed by atoms with Crippen molar-refractivity contribution in [3.8, 4) is 6.07 Å². The molecule has 0 saturated heterocycles. The highest BCUT2D eigenvalue weighted by atomic mass is 16.2. The zero-order chi connectivity index (χ0) is 14.6. The molecule has 0 spiro atoms. The maximum Gasteiger partial charge on any atom is 0.268 e. The van der Waals surface area contributed by atoms with Crippen molar-refractivity contribution in [3.05, 3.63) is 0 Å². The Kier molecular flexibility index (Phi) is 4.38. The van der Waals surface area contributed by atoms with Gasteiger partial charge in [0, 0.05) is 12.8 Å². The van der Waals surface area contributed by atoms with Gasteiger partial charge in [0.05, 0.1) is 6.07 Å². The van der Waals surface area contributed by atoms with Gasteiger partial charge in [-0.15, -0.1) is 0 Å². The molecule has 0 atom stereocenters. The van der Waals surface area contributed by atoms with Crippen molar-refractivity contribution >= 4 is 17.5 Å². The molecule has 0 aromatic heterocycles. The molecule has 1 aliphatic carbocycles. The van der Waals surface area contributed by atoms with Crippen molar-refractivity contribution in [2.75, 3.05) is 0 Å². The van der Waals surface area contributed by atoms with Crippen LogP contribution in [-0.2, 0) is 9.59 Å². The van der Waals surface area contributed by atoms with E-state index in [-0.39, 0.29) is 18.2 Å². The van der Waals surface area contributed by atoms with E-state index in [1.807, 2.05) is 0 Å². The second kappa shape index (κ2) is 6.04. The van der Waals surface area contributed by atoms with Crippen molar-refractivity contribution in [1.29, 1.82) is 5.26 Å². The quantitative estimate of drug-likeness (QED) is 0.811. The number of carbonyl (C=O) groups excluding carboxylic acids is 2. The summed E-state index contributed by atoms with van der Waals surface area (Å²) >= 11 is 0. The molecule has 0 radical (unpaired) electrons. The smallest absolute Gasteiger partial charge is 0.268 e. The lowest BCUT2D eigenvalue weighted by Crippen LogP contribution is -2.52. The Morgan fingerprint density at radius 3 is 2.70 bits per heavy atom. The molecule has 1 saturated carbocycles. The summed E-state index contributed by atoms with van der Waals surface area (Å²) in [6.07, 6.45) is 5.02. The number of nitrogens with one attached hydrogen (secondary N) is 2. The number of hydrogen-bond donors (Lipinski definition) is 2. The van der Waals surface area contributed by atoms with Crippen LogP contribution in [0, 0.1) is 17.2 Å². The fourth-order valence-electron chi connectivity index (χ4n) is 2.77. The van der Waals surface area contributed by atoms with Crippen LogP contribution in [0.25, 0.3) is 0 Å². The number of nitriles is 1. The summed E-state index contributed by atoms with van der Waals surface area (Å²) in [6, 6.07) is 2.27. The molecule has 0 bridgehead atoms. The minimum absolute atomic E-state index is 0.181. The molecule has 0 aromatic carbocycles. The molecular formula is C14H20N4O2. The number of amides is 2. The highest BCUT2D eigenvalue weighted by molar-refractivity contribution is 6.39. The summed E-state index contributed by atoms with van der Waals surface area (Å²) in [5.41, 5.74) is 1.83. The number of nitrogens with zero attached hydrogens (tertiary/aromatic N) is 2. The van der Waals surface area contributed by atoms with Crippen LogP contribution in [0.5, 0.6) is 0 Å². The molecule has 1 aliphatic heterocycles. The first-order valence-corrected chi connectivity index (χ1v) is 7.18. The van der Waals surface area contributed by atoms with Crippen molar-refractivity contribution < 1.29 is 9.59 Å².